The van der Waals surface area contributed by atoms with Gasteiger partial charge in [0.1, 0.15) is 5.75 Å². The van der Waals surface area contributed by atoms with Crippen molar-refractivity contribution in [3.63, 3.8) is 0 Å². The van der Waals surface area contributed by atoms with Crippen LogP contribution in [0.5, 0.6) is 23.0 Å². The van der Waals surface area contributed by atoms with Gasteiger partial charge in [-0.1, -0.05) is 0 Å². The molecule has 0 bridgehead atoms. The first kappa shape index (κ1) is 21.7. The second kappa shape index (κ2) is 9.04. The fourth-order valence-corrected chi connectivity index (χ4v) is 2.28. The van der Waals surface area contributed by atoms with E-state index in [2.05, 4.69) is 15.6 Å². The molecule has 0 fully saturated rings. The van der Waals surface area contributed by atoms with Gasteiger partial charge in [0.05, 0.1) is 21.3 Å². The molecule has 2 aromatic rings. The maximum atomic E-state index is 12.3. The van der Waals surface area contributed by atoms with Crippen molar-refractivity contribution in [2.24, 2.45) is 0 Å². The van der Waals surface area contributed by atoms with Gasteiger partial charge in [0.2, 0.25) is 5.75 Å². The van der Waals surface area contributed by atoms with Gasteiger partial charge in [-0.2, -0.15) is 0 Å². The maximum absolute atomic E-state index is 12.3. The number of carbonyl (C=O) groups excluding carboxylic acids is 2. The van der Waals surface area contributed by atoms with Gasteiger partial charge in [0.15, 0.2) is 11.5 Å². The number of rotatable bonds is 6. The zero-order valence-electron chi connectivity index (χ0n) is 15.5. The minimum atomic E-state index is -4.84. The molecule has 156 valence electrons. The molecule has 0 saturated heterocycles. The van der Waals surface area contributed by atoms with Gasteiger partial charge in [0, 0.05) is 11.1 Å². The summed E-state index contributed by atoms with van der Waals surface area (Å²) in [5.41, 5.74) is 4.45. The highest BCUT2D eigenvalue weighted by Crippen LogP contribution is 2.38. The summed E-state index contributed by atoms with van der Waals surface area (Å²) in [5, 5.41) is 0. The summed E-state index contributed by atoms with van der Waals surface area (Å²) in [5.74, 6) is -1.14. The fraction of sp³-hybridized carbons (Fsp3) is 0.222. The molecule has 0 heterocycles. The minimum Gasteiger partial charge on any atom is -0.493 e. The highest BCUT2D eigenvalue weighted by molar-refractivity contribution is 5.99. The van der Waals surface area contributed by atoms with Crippen LogP contribution in [0.3, 0.4) is 0 Å². The predicted molar refractivity (Wildman–Crippen MR) is 94.2 cm³/mol. The van der Waals surface area contributed by atoms with E-state index in [0.717, 1.165) is 24.3 Å². The summed E-state index contributed by atoms with van der Waals surface area (Å²) in [6.45, 7) is 0. The second-order valence-electron chi connectivity index (χ2n) is 5.39. The lowest BCUT2D eigenvalue weighted by Crippen LogP contribution is -2.41. The molecule has 0 aromatic heterocycles. The Morgan fingerprint density at radius 3 is 1.69 bits per heavy atom. The van der Waals surface area contributed by atoms with Crippen molar-refractivity contribution in [2.45, 2.75) is 6.36 Å². The van der Waals surface area contributed by atoms with E-state index in [9.17, 15) is 22.8 Å². The van der Waals surface area contributed by atoms with Crippen molar-refractivity contribution in [1.29, 1.82) is 0 Å². The molecule has 2 aromatic carbocycles. The van der Waals surface area contributed by atoms with Crippen LogP contribution in [0, 0.1) is 0 Å². The summed E-state index contributed by atoms with van der Waals surface area (Å²) >= 11 is 0. The molecule has 0 atom stereocenters. The number of nitrogens with one attached hydrogen (secondary N) is 2. The van der Waals surface area contributed by atoms with Gasteiger partial charge in [-0.05, 0) is 36.4 Å². The summed E-state index contributed by atoms with van der Waals surface area (Å²) in [6, 6.07) is 6.94. The molecular weight excluding hydrogens is 397 g/mol. The molecule has 0 unspecified atom stereocenters. The molecule has 11 heteroatoms. The van der Waals surface area contributed by atoms with Crippen LogP contribution < -0.4 is 29.8 Å². The van der Waals surface area contributed by atoms with Crippen LogP contribution in [0.25, 0.3) is 0 Å². The fourth-order valence-electron chi connectivity index (χ4n) is 2.28. The molecule has 2 rings (SSSR count). The quantitative estimate of drug-likeness (QED) is 0.706. The normalized spacial score (nSPS) is 10.7. The Hall–Kier alpha value is -3.63. The van der Waals surface area contributed by atoms with Gasteiger partial charge < -0.3 is 18.9 Å². The third-order valence-electron chi connectivity index (χ3n) is 3.57. The van der Waals surface area contributed by atoms with E-state index in [1.54, 1.807) is 0 Å². The smallest absolute Gasteiger partial charge is 0.493 e. The molecule has 0 saturated carbocycles. The third kappa shape index (κ3) is 5.67. The van der Waals surface area contributed by atoms with Crippen LogP contribution in [0.15, 0.2) is 36.4 Å². The van der Waals surface area contributed by atoms with Crippen molar-refractivity contribution < 1.29 is 41.7 Å². The van der Waals surface area contributed by atoms with Crippen LogP contribution >= 0.6 is 0 Å². The predicted octanol–water partition coefficient (Wildman–Crippen LogP) is 2.69. The van der Waals surface area contributed by atoms with E-state index in [-0.39, 0.29) is 28.4 Å². The van der Waals surface area contributed by atoms with Gasteiger partial charge in [-0.25, -0.2) is 0 Å². The number of ether oxygens (including phenoxy) is 4. The number of halogens is 3. The number of hydrogen-bond donors (Lipinski definition) is 2. The lowest BCUT2D eigenvalue weighted by Gasteiger charge is -2.14. The van der Waals surface area contributed by atoms with E-state index < -0.39 is 23.9 Å². The molecule has 0 spiro atoms. The molecule has 0 radical (unpaired) electrons. The zero-order valence-corrected chi connectivity index (χ0v) is 15.5. The molecule has 2 amide bonds. The Bertz CT molecular complexity index is 859. The van der Waals surface area contributed by atoms with E-state index in [0.29, 0.717) is 0 Å². The first-order chi connectivity index (χ1) is 13.7. The Balaban J connectivity index is 2.06. The first-order valence-electron chi connectivity index (χ1n) is 7.95. The topological polar surface area (TPSA) is 95.1 Å². The lowest BCUT2D eigenvalue weighted by atomic mass is 10.1. The Morgan fingerprint density at radius 2 is 1.28 bits per heavy atom. The van der Waals surface area contributed by atoms with Crippen LogP contribution in [0.2, 0.25) is 0 Å². The molecule has 8 nitrogen and oxygen atoms in total. The Labute approximate surface area is 163 Å². The van der Waals surface area contributed by atoms with Crippen molar-refractivity contribution in [3.05, 3.63) is 47.5 Å². The number of benzene rings is 2. The molecule has 2 N–H and O–H groups in total. The van der Waals surface area contributed by atoms with Crippen LogP contribution in [-0.4, -0.2) is 39.5 Å². The molecule has 0 aliphatic heterocycles. The standard InChI is InChI=1S/C18H17F3N2O6/c1-26-13-8-11(9-14(27-2)15(13)28-3)17(25)23-22-16(24)10-4-6-12(7-5-10)29-18(19,20)21/h4-9H,1-3H3,(H,22,24)(H,23,25). The minimum absolute atomic E-state index is 0.00437. The van der Waals surface area contributed by atoms with Crippen LogP contribution in [-0.2, 0) is 0 Å². The number of hydrogen-bond acceptors (Lipinski definition) is 6. The summed E-state index contributed by atoms with van der Waals surface area (Å²) in [7, 11) is 4.17. The maximum Gasteiger partial charge on any atom is 0.573 e. The van der Waals surface area contributed by atoms with E-state index in [4.69, 9.17) is 14.2 Å². The lowest BCUT2D eigenvalue weighted by molar-refractivity contribution is -0.274. The van der Waals surface area contributed by atoms with E-state index in [1.165, 1.54) is 33.5 Å². The molecule has 0 aliphatic rings. The number of hydrazine groups is 1. The van der Waals surface area contributed by atoms with Crippen molar-refractivity contribution in [3.8, 4) is 23.0 Å². The SMILES string of the molecule is COc1cc(C(=O)NNC(=O)c2ccc(OC(F)(F)F)cc2)cc(OC)c1OC. The van der Waals surface area contributed by atoms with Crippen molar-refractivity contribution >= 4 is 11.8 Å². The van der Waals surface area contributed by atoms with Gasteiger partial charge in [0.25, 0.3) is 11.8 Å². The van der Waals surface area contributed by atoms with Gasteiger partial charge >= 0.3 is 6.36 Å². The van der Waals surface area contributed by atoms with Gasteiger partial charge in [-0.15, -0.1) is 13.2 Å². The average molecular weight is 414 g/mol. The second-order valence-corrected chi connectivity index (χ2v) is 5.39. The molecular formula is C18H17F3N2O6. The summed E-state index contributed by atoms with van der Waals surface area (Å²) in [4.78, 5) is 24.4. The van der Waals surface area contributed by atoms with Crippen molar-refractivity contribution in [2.75, 3.05) is 21.3 Å². The van der Waals surface area contributed by atoms with Crippen LogP contribution in [0.1, 0.15) is 20.7 Å². The number of carbonyl (C=O) groups is 2. The number of methoxy groups -OCH3 is 3. The largest absolute Gasteiger partial charge is 0.573 e. The summed E-state index contributed by atoms with van der Waals surface area (Å²) < 4.78 is 55.6. The Morgan fingerprint density at radius 1 is 0.793 bits per heavy atom. The van der Waals surface area contributed by atoms with Crippen LogP contribution in [0.4, 0.5) is 13.2 Å². The number of amides is 2. The molecule has 0 aliphatic carbocycles. The summed E-state index contributed by atoms with van der Waals surface area (Å²) in [6.07, 6.45) is -4.84. The zero-order chi connectivity index (χ0) is 21.6. The average Bonchev–Trinajstić information content (AvgIpc) is 2.69. The van der Waals surface area contributed by atoms with E-state index in [1.807, 2.05) is 0 Å². The van der Waals surface area contributed by atoms with Crippen molar-refractivity contribution in [1.82, 2.24) is 10.9 Å². The van der Waals surface area contributed by atoms with Gasteiger partial charge in [-0.3, -0.25) is 20.4 Å². The highest BCUT2D eigenvalue weighted by atomic mass is 19.4. The Kier molecular flexibility index (Phi) is 6.75. The third-order valence-corrected chi connectivity index (χ3v) is 3.57. The van der Waals surface area contributed by atoms with E-state index >= 15 is 0 Å². The monoisotopic (exact) mass is 414 g/mol. The molecule has 29 heavy (non-hydrogen) atoms. The first-order valence-corrected chi connectivity index (χ1v) is 7.95. The highest BCUT2D eigenvalue weighted by Gasteiger charge is 2.31. The number of alkyl halides is 3.